The third-order valence-electron chi connectivity index (χ3n) is 5.72. The lowest BCUT2D eigenvalue weighted by Gasteiger charge is -2.21. The summed E-state index contributed by atoms with van der Waals surface area (Å²) in [6, 6.07) is 12.6. The van der Waals surface area contributed by atoms with Gasteiger partial charge in [0.15, 0.2) is 0 Å². The predicted molar refractivity (Wildman–Crippen MR) is 121 cm³/mol. The maximum atomic E-state index is 13.2. The molecule has 0 bridgehead atoms. The number of rotatable bonds is 8. The molecule has 0 spiro atoms. The lowest BCUT2D eigenvalue weighted by atomic mass is 9.87. The van der Waals surface area contributed by atoms with Gasteiger partial charge in [0.25, 0.3) is 5.91 Å². The molecule has 1 saturated heterocycles. The highest BCUT2D eigenvalue weighted by molar-refractivity contribution is 6.33. The van der Waals surface area contributed by atoms with E-state index in [1.54, 1.807) is 49.5 Å². The summed E-state index contributed by atoms with van der Waals surface area (Å²) in [4.78, 5) is 28.0. The summed E-state index contributed by atoms with van der Waals surface area (Å²) in [5.41, 5.74) is 1.32. The summed E-state index contributed by atoms with van der Waals surface area (Å²) in [5.74, 6) is 0.506. The van der Waals surface area contributed by atoms with Crippen LogP contribution in [0.25, 0.3) is 0 Å². The Morgan fingerprint density at radius 3 is 2.58 bits per heavy atom. The van der Waals surface area contributed by atoms with Gasteiger partial charge >= 0.3 is 0 Å². The number of carbonyl (C=O) groups excluding carboxylic acids is 2. The Morgan fingerprint density at radius 2 is 1.90 bits per heavy atom. The van der Waals surface area contributed by atoms with Gasteiger partial charge in [0.05, 0.1) is 30.7 Å². The number of methoxy groups -OCH3 is 2. The molecule has 3 rings (SSSR count). The molecule has 166 valence electrons. The Hall–Kier alpha value is -2.73. The maximum Gasteiger partial charge on any atom is 0.255 e. The number of hydrogen-bond acceptors (Lipinski definition) is 4. The zero-order valence-corrected chi connectivity index (χ0v) is 18.9. The molecule has 31 heavy (non-hydrogen) atoms. The Labute approximate surface area is 188 Å². The molecule has 0 aromatic heterocycles. The van der Waals surface area contributed by atoms with Crippen LogP contribution < -0.4 is 14.8 Å². The third kappa shape index (κ3) is 5.13. The lowest BCUT2D eigenvalue weighted by molar-refractivity contribution is -0.124. The van der Waals surface area contributed by atoms with Crippen molar-refractivity contribution in [2.75, 3.05) is 33.9 Å². The second kappa shape index (κ2) is 10.5. The van der Waals surface area contributed by atoms with Crippen molar-refractivity contribution in [3.05, 3.63) is 58.6 Å². The summed E-state index contributed by atoms with van der Waals surface area (Å²) in [7, 11) is 3.19. The highest BCUT2D eigenvalue weighted by Crippen LogP contribution is 2.40. The molecule has 1 fully saturated rings. The summed E-state index contributed by atoms with van der Waals surface area (Å²) >= 11 is 6.25. The standard InChI is InChI=1S/C24H29ClN2O4/c1-4-5-12-26-23(28)20-15-27(24(29)18-8-6-7-9-21(18)25)14-19(20)17-11-10-16(30-2)13-22(17)31-3/h6-11,13,19-20H,4-5,12,14-15H2,1-3H3,(H,26,28). The Balaban J connectivity index is 1.92. The number of halogens is 1. The SMILES string of the molecule is CCCCNC(=O)C1CN(C(=O)c2ccccc2Cl)CC1c1ccc(OC)cc1OC. The highest BCUT2D eigenvalue weighted by atomic mass is 35.5. The normalized spacial score (nSPS) is 18.0. The minimum Gasteiger partial charge on any atom is -0.497 e. The second-order valence-corrected chi connectivity index (χ2v) is 8.06. The highest BCUT2D eigenvalue weighted by Gasteiger charge is 2.42. The number of hydrogen-bond donors (Lipinski definition) is 1. The van der Waals surface area contributed by atoms with E-state index >= 15 is 0 Å². The van der Waals surface area contributed by atoms with Crippen molar-refractivity contribution in [1.82, 2.24) is 10.2 Å². The van der Waals surface area contributed by atoms with Gasteiger partial charge in [0, 0.05) is 37.2 Å². The van der Waals surface area contributed by atoms with E-state index in [1.807, 2.05) is 12.1 Å². The molecule has 1 aliphatic heterocycles. The van der Waals surface area contributed by atoms with Gasteiger partial charge in [-0.05, 0) is 24.6 Å². The first-order valence-electron chi connectivity index (χ1n) is 10.5. The summed E-state index contributed by atoms with van der Waals surface area (Å²) < 4.78 is 10.9. The number of carbonyl (C=O) groups is 2. The molecule has 1 N–H and O–H groups in total. The molecule has 6 nitrogen and oxygen atoms in total. The third-order valence-corrected chi connectivity index (χ3v) is 6.05. The quantitative estimate of drug-likeness (QED) is 0.621. The molecule has 2 aromatic carbocycles. The van der Waals surface area contributed by atoms with Crippen molar-refractivity contribution >= 4 is 23.4 Å². The minimum atomic E-state index is -0.384. The van der Waals surface area contributed by atoms with Crippen LogP contribution in [-0.4, -0.2) is 50.6 Å². The van der Waals surface area contributed by atoms with Gasteiger partial charge in [-0.3, -0.25) is 9.59 Å². The number of nitrogens with one attached hydrogen (secondary N) is 1. The molecule has 2 aromatic rings. The summed E-state index contributed by atoms with van der Waals surface area (Å²) in [6.07, 6.45) is 1.91. The fourth-order valence-corrected chi connectivity index (χ4v) is 4.22. The van der Waals surface area contributed by atoms with Gasteiger partial charge in [0.1, 0.15) is 11.5 Å². The van der Waals surface area contributed by atoms with Crippen LogP contribution in [0.5, 0.6) is 11.5 Å². The van der Waals surface area contributed by atoms with Crippen molar-refractivity contribution in [3.8, 4) is 11.5 Å². The maximum absolute atomic E-state index is 13.2. The number of likely N-dealkylation sites (tertiary alicyclic amines) is 1. The van der Waals surface area contributed by atoms with E-state index in [0.29, 0.717) is 41.7 Å². The lowest BCUT2D eigenvalue weighted by Crippen LogP contribution is -2.36. The average Bonchev–Trinajstić information content (AvgIpc) is 3.24. The van der Waals surface area contributed by atoms with Crippen molar-refractivity contribution in [2.24, 2.45) is 5.92 Å². The molecule has 1 heterocycles. The topological polar surface area (TPSA) is 67.9 Å². The molecule has 0 aliphatic carbocycles. The number of unbranched alkanes of at least 4 members (excludes halogenated alkanes) is 1. The van der Waals surface area contributed by atoms with Crippen LogP contribution in [0.4, 0.5) is 0 Å². The molecular formula is C24H29ClN2O4. The average molecular weight is 445 g/mol. The van der Waals surface area contributed by atoms with Crippen molar-refractivity contribution < 1.29 is 19.1 Å². The van der Waals surface area contributed by atoms with Gasteiger partial charge in [-0.1, -0.05) is 43.1 Å². The number of ether oxygens (including phenoxy) is 2. The first-order valence-corrected chi connectivity index (χ1v) is 10.9. The van der Waals surface area contributed by atoms with E-state index in [2.05, 4.69) is 12.2 Å². The van der Waals surface area contributed by atoms with Crippen LogP contribution in [0.1, 0.15) is 41.6 Å². The van der Waals surface area contributed by atoms with Gasteiger partial charge in [-0.25, -0.2) is 0 Å². The van der Waals surface area contributed by atoms with Crippen LogP contribution in [0.3, 0.4) is 0 Å². The van der Waals surface area contributed by atoms with Crippen molar-refractivity contribution in [1.29, 1.82) is 0 Å². The van der Waals surface area contributed by atoms with Crippen LogP contribution >= 0.6 is 11.6 Å². The van der Waals surface area contributed by atoms with E-state index in [0.717, 1.165) is 18.4 Å². The van der Waals surface area contributed by atoms with Gasteiger partial charge < -0.3 is 19.7 Å². The monoisotopic (exact) mass is 444 g/mol. The van der Waals surface area contributed by atoms with Crippen molar-refractivity contribution in [2.45, 2.75) is 25.7 Å². The van der Waals surface area contributed by atoms with E-state index in [4.69, 9.17) is 21.1 Å². The van der Waals surface area contributed by atoms with Gasteiger partial charge in [-0.15, -0.1) is 0 Å². The predicted octanol–water partition coefficient (Wildman–Crippen LogP) is 4.13. The van der Waals surface area contributed by atoms with Crippen molar-refractivity contribution in [3.63, 3.8) is 0 Å². The van der Waals surface area contributed by atoms with Gasteiger partial charge in [0.2, 0.25) is 5.91 Å². The Kier molecular flexibility index (Phi) is 7.80. The largest absolute Gasteiger partial charge is 0.497 e. The van der Waals surface area contributed by atoms with Crippen LogP contribution in [0.2, 0.25) is 5.02 Å². The zero-order valence-electron chi connectivity index (χ0n) is 18.2. The zero-order chi connectivity index (χ0) is 22.4. The first-order chi connectivity index (χ1) is 15.0. The molecular weight excluding hydrogens is 416 g/mol. The van der Waals surface area contributed by atoms with E-state index in [9.17, 15) is 9.59 Å². The Bertz CT molecular complexity index is 934. The first kappa shape index (κ1) is 22.9. The molecule has 2 amide bonds. The fourth-order valence-electron chi connectivity index (χ4n) is 4.00. The van der Waals surface area contributed by atoms with Crippen LogP contribution in [0.15, 0.2) is 42.5 Å². The molecule has 2 unspecified atom stereocenters. The molecule has 1 aliphatic rings. The molecule has 0 radical (unpaired) electrons. The number of amides is 2. The molecule has 2 atom stereocenters. The smallest absolute Gasteiger partial charge is 0.255 e. The van der Waals surface area contributed by atoms with Crippen LogP contribution in [-0.2, 0) is 4.79 Å². The van der Waals surface area contributed by atoms with E-state index in [-0.39, 0.29) is 23.7 Å². The minimum absolute atomic E-state index is 0.0502. The van der Waals surface area contributed by atoms with Gasteiger partial charge in [-0.2, -0.15) is 0 Å². The second-order valence-electron chi connectivity index (χ2n) is 7.66. The fraction of sp³-hybridized carbons (Fsp3) is 0.417. The number of benzene rings is 2. The van der Waals surface area contributed by atoms with E-state index < -0.39 is 0 Å². The Morgan fingerprint density at radius 1 is 1.13 bits per heavy atom. The molecule has 0 saturated carbocycles. The van der Waals surface area contributed by atoms with Crippen LogP contribution in [0, 0.1) is 5.92 Å². The summed E-state index contributed by atoms with van der Waals surface area (Å²) in [6.45, 7) is 3.42. The number of nitrogens with zero attached hydrogens (tertiary/aromatic N) is 1. The molecule has 7 heteroatoms. The summed E-state index contributed by atoms with van der Waals surface area (Å²) in [5, 5.41) is 3.43. The van der Waals surface area contributed by atoms with E-state index in [1.165, 1.54) is 0 Å².